The molecule has 5 aromatic rings. The maximum absolute atomic E-state index is 12.6. The summed E-state index contributed by atoms with van der Waals surface area (Å²) in [6.07, 6.45) is 1.76. The van der Waals surface area contributed by atoms with Crippen LogP contribution in [0, 0.1) is 0 Å². The van der Waals surface area contributed by atoms with E-state index >= 15 is 0 Å². The van der Waals surface area contributed by atoms with Gasteiger partial charge in [-0.15, -0.1) is 0 Å². The Morgan fingerprint density at radius 1 is 0.829 bits per heavy atom. The number of hydrogen-bond donors (Lipinski definition) is 2. The van der Waals surface area contributed by atoms with Crippen molar-refractivity contribution in [2.75, 3.05) is 0 Å². The monoisotopic (exact) mass is 461 g/mol. The van der Waals surface area contributed by atoms with Gasteiger partial charge in [-0.25, -0.2) is 4.79 Å². The number of benzene rings is 4. The number of carboxylic acids is 1. The molecule has 0 aliphatic rings. The van der Waals surface area contributed by atoms with Crippen LogP contribution >= 0.6 is 0 Å². The summed E-state index contributed by atoms with van der Waals surface area (Å²) in [5, 5.41) is 17.8. The molecule has 0 radical (unpaired) electrons. The molecule has 0 aliphatic heterocycles. The van der Waals surface area contributed by atoms with Crippen molar-refractivity contribution in [2.45, 2.75) is 13.1 Å². The third kappa shape index (κ3) is 4.82. The zero-order valence-corrected chi connectivity index (χ0v) is 18.9. The molecular weight excluding hydrogens is 438 g/mol. The van der Waals surface area contributed by atoms with E-state index in [9.17, 15) is 14.7 Å². The number of carbonyl (C=O) groups excluding carboxylic acids is 1. The largest absolute Gasteiger partial charge is 0.478 e. The Labute approximate surface area is 202 Å². The zero-order valence-electron chi connectivity index (χ0n) is 18.9. The second-order valence-electron chi connectivity index (χ2n) is 8.29. The maximum atomic E-state index is 12.6. The number of fused-ring (bicyclic) bond motifs is 1. The summed E-state index contributed by atoms with van der Waals surface area (Å²) in [6, 6.07) is 30.2. The molecule has 0 spiro atoms. The molecule has 0 aliphatic carbocycles. The molecule has 0 fully saturated rings. The Kier molecular flexibility index (Phi) is 6.09. The molecule has 0 bridgehead atoms. The SMILES string of the molecule is O=C(NCc1ccccc1)c1ccc2c(cnn2Cc2ccc(-c3ccccc3C(=O)O)cc2)c1. The van der Waals surface area contributed by atoms with Gasteiger partial charge in [-0.1, -0.05) is 72.8 Å². The average Bonchev–Trinajstić information content (AvgIpc) is 3.30. The molecule has 4 aromatic carbocycles. The number of nitrogens with zero attached hydrogens (tertiary/aromatic N) is 2. The van der Waals surface area contributed by atoms with Crippen LogP contribution in [0.3, 0.4) is 0 Å². The first-order valence-electron chi connectivity index (χ1n) is 11.3. The summed E-state index contributed by atoms with van der Waals surface area (Å²) in [5.41, 5.74) is 5.43. The van der Waals surface area contributed by atoms with Crippen LogP contribution in [0.2, 0.25) is 0 Å². The molecule has 1 aromatic heterocycles. The minimum atomic E-state index is -0.944. The number of amides is 1. The summed E-state index contributed by atoms with van der Waals surface area (Å²) < 4.78 is 1.89. The molecule has 5 rings (SSSR count). The quantitative estimate of drug-likeness (QED) is 0.341. The summed E-state index contributed by atoms with van der Waals surface area (Å²) in [4.78, 5) is 24.1. The molecule has 1 heterocycles. The molecule has 35 heavy (non-hydrogen) atoms. The summed E-state index contributed by atoms with van der Waals surface area (Å²) in [7, 11) is 0. The Morgan fingerprint density at radius 2 is 1.57 bits per heavy atom. The van der Waals surface area contributed by atoms with E-state index in [-0.39, 0.29) is 11.5 Å². The Balaban J connectivity index is 1.30. The Hall–Kier alpha value is -4.71. The second-order valence-corrected chi connectivity index (χ2v) is 8.29. The van der Waals surface area contributed by atoms with Crippen molar-refractivity contribution in [2.24, 2.45) is 0 Å². The van der Waals surface area contributed by atoms with E-state index in [1.807, 2.05) is 89.6 Å². The van der Waals surface area contributed by atoms with Crippen molar-refractivity contribution in [3.05, 3.63) is 126 Å². The number of aromatic carboxylic acids is 1. The summed E-state index contributed by atoms with van der Waals surface area (Å²) >= 11 is 0. The first-order chi connectivity index (χ1) is 17.1. The van der Waals surface area contributed by atoms with Gasteiger partial charge >= 0.3 is 5.97 Å². The third-order valence-electron chi connectivity index (χ3n) is 5.95. The van der Waals surface area contributed by atoms with Gasteiger partial charge in [0, 0.05) is 17.5 Å². The van der Waals surface area contributed by atoms with Crippen LogP contribution in [0.1, 0.15) is 31.8 Å². The third-order valence-corrected chi connectivity index (χ3v) is 5.95. The number of nitrogens with one attached hydrogen (secondary N) is 1. The van der Waals surface area contributed by atoms with Gasteiger partial charge in [0.05, 0.1) is 23.8 Å². The number of aromatic nitrogens is 2. The molecule has 0 atom stereocenters. The number of carbonyl (C=O) groups is 2. The predicted octanol–water partition coefficient (Wildman–Crippen LogP) is 5.38. The van der Waals surface area contributed by atoms with Crippen molar-refractivity contribution in [3.63, 3.8) is 0 Å². The minimum absolute atomic E-state index is 0.124. The molecule has 2 N–H and O–H groups in total. The number of carboxylic acid groups (broad SMARTS) is 1. The van der Waals surface area contributed by atoms with Crippen LogP contribution in [0.15, 0.2) is 103 Å². The number of rotatable bonds is 7. The van der Waals surface area contributed by atoms with Gasteiger partial charge in [-0.2, -0.15) is 5.10 Å². The lowest BCUT2D eigenvalue weighted by molar-refractivity contribution is 0.0697. The summed E-state index contributed by atoms with van der Waals surface area (Å²) in [5.74, 6) is -1.07. The Morgan fingerprint density at radius 3 is 2.34 bits per heavy atom. The van der Waals surface area contributed by atoms with Crippen LogP contribution in [0.25, 0.3) is 22.0 Å². The predicted molar refractivity (Wildman–Crippen MR) is 135 cm³/mol. The van der Waals surface area contributed by atoms with Crippen molar-refractivity contribution < 1.29 is 14.7 Å². The van der Waals surface area contributed by atoms with Crippen LogP contribution in [-0.2, 0) is 13.1 Å². The fourth-order valence-electron chi connectivity index (χ4n) is 4.12. The first-order valence-corrected chi connectivity index (χ1v) is 11.3. The highest BCUT2D eigenvalue weighted by Crippen LogP contribution is 2.25. The second kappa shape index (κ2) is 9.65. The minimum Gasteiger partial charge on any atom is -0.478 e. The highest BCUT2D eigenvalue weighted by Gasteiger charge is 2.12. The van der Waals surface area contributed by atoms with Crippen LogP contribution < -0.4 is 5.32 Å². The van der Waals surface area contributed by atoms with Gasteiger partial charge in [0.2, 0.25) is 0 Å². The number of hydrogen-bond acceptors (Lipinski definition) is 3. The van der Waals surface area contributed by atoms with E-state index in [2.05, 4.69) is 10.4 Å². The fourth-order valence-corrected chi connectivity index (χ4v) is 4.12. The van der Waals surface area contributed by atoms with E-state index in [1.54, 1.807) is 18.3 Å². The van der Waals surface area contributed by atoms with Crippen LogP contribution in [0.5, 0.6) is 0 Å². The molecular formula is C29H23N3O3. The molecule has 0 saturated carbocycles. The van der Waals surface area contributed by atoms with E-state index in [4.69, 9.17) is 0 Å². The van der Waals surface area contributed by atoms with E-state index in [0.29, 0.717) is 24.2 Å². The lowest BCUT2D eigenvalue weighted by atomic mass is 9.99. The first kappa shape index (κ1) is 22.1. The molecule has 0 saturated heterocycles. The van der Waals surface area contributed by atoms with Gasteiger partial charge in [-0.3, -0.25) is 9.48 Å². The maximum Gasteiger partial charge on any atom is 0.336 e. The molecule has 1 amide bonds. The van der Waals surface area contributed by atoms with E-state index in [1.165, 1.54) is 0 Å². The topological polar surface area (TPSA) is 84.2 Å². The van der Waals surface area contributed by atoms with Gasteiger partial charge in [0.15, 0.2) is 0 Å². The van der Waals surface area contributed by atoms with Gasteiger partial charge in [0.25, 0.3) is 5.91 Å². The van der Waals surface area contributed by atoms with E-state index < -0.39 is 5.97 Å². The van der Waals surface area contributed by atoms with Gasteiger partial charge in [0.1, 0.15) is 0 Å². The molecule has 6 heteroatoms. The van der Waals surface area contributed by atoms with Gasteiger partial charge < -0.3 is 10.4 Å². The van der Waals surface area contributed by atoms with Crippen molar-refractivity contribution >= 4 is 22.8 Å². The lowest BCUT2D eigenvalue weighted by Gasteiger charge is -2.09. The normalized spacial score (nSPS) is 10.9. The van der Waals surface area contributed by atoms with Crippen molar-refractivity contribution in [1.29, 1.82) is 0 Å². The molecule has 0 unspecified atom stereocenters. The highest BCUT2D eigenvalue weighted by molar-refractivity contribution is 5.98. The Bertz CT molecular complexity index is 1510. The lowest BCUT2D eigenvalue weighted by Crippen LogP contribution is -2.22. The molecule has 172 valence electrons. The fraction of sp³-hybridized carbons (Fsp3) is 0.0690. The van der Waals surface area contributed by atoms with Crippen LogP contribution in [0.4, 0.5) is 0 Å². The molecule has 6 nitrogen and oxygen atoms in total. The van der Waals surface area contributed by atoms with Gasteiger partial charge in [-0.05, 0) is 46.5 Å². The van der Waals surface area contributed by atoms with Crippen molar-refractivity contribution in [1.82, 2.24) is 15.1 Å². The zero-order chi connectivity index (χ0) is 24.2. The average molecular weight is 462 g/mol. The van der Waals surface area contributed by atoms with Crippen LogP contribution in [-0.4, -0.2) is 26.8 Å². The van der Waals surface area contributed by atoms with Crippen molar-refractivity contribution in [3.8, 4) is 11.1 Å². The standard InChI is InChI=1S/C29H23N3O3/c33-28(30-17-20-6-2-1-3-7-20)23-14-15-27-24(16-23)18-31-32(27)19-21-10-12-22(13-11-21)25-8-4-5-9-26(25)29(34)35/h1-16,18H,17,19H2,(H,30,33)(H,34,35). The smallest absolute Gasteiger partial charge is 0.336 e. The highest BCUT2D eigenvalue weighted by atomic mass is 16.4. The summed E-state index contributed by atoms with van der Waals surface area (Å²) in [6.45, 7) is 1.04. The van der Waals surface area contributed by atoms with E-state index in [0.717, 1.165) is 27.6 Å².